The molecule has 2 nitrogen and oxygen atoms in total. The lowest BCUT2D eigenvalue weighted by Crippen LogP contribution is -2.24. The molecule has 0 saturated carbocycles. The number of hydrogen-bond donors (Lipinski definition) is 0. The molecule has 0 amide bonds. The molecule has 0 aromatic heterocycles. The average Bonchev–Trinajstić information content (AvgIpc) is 2.84. The van der Waals surface area contributed by atoms with Gasteiger partial charge in [-0.25, -0.2) is 0 Å². The van der Waals surface area contributed by atoms with E-state index >= 15 is 0 Å². The van der Waals surface area contributed by atoms with Crippen LogP contribution < -0.4 is 9.80 Å². The molecule has 3 heteroatoms. The lowest BCUT2D eigenvalue weighted by Gasteiger charge is -2.40. The summed E-state index contributed by atoms with van der Waals surface area (Å²) in [4.78, 5) is 4.74. The fourth-order valence-electron chi connectivity index (χ4n) is 4.50. The first-order chi connectivity index (χ1) is 15.3. The van der Waals surface area contributed by atoms with Gasteiger partial charge in [0.05, 0.1) is 28.4 Å². The van der Waals surface area contributed by atoms with Crippen LogP contribution in [-0.2, 0) is 0 Å². The van der Waals surface area contributed by atoms with Gasteiger partial charge in [-0.05, 0) is 53.9 Å². The summed E-state index contributed by atoms with van der Waals surface area (Å²) in [5.74, 6) is 0. The Hall–Kier alpha value is -3.56. The molecular formula is C28H19BrN2. The van der Waals surface area contributed by atoms with Gasteiger partial charge in [0.1, 0.15) is 0 Å². The topological polar surface area (TPSA) is 6.48 Å². The highest BCUT2D eigenvalue weighted by Crippen LogP contribution is 2.54. The standard InChI is InChI=1S/C28H19BrN2/c29-23-18-19-24(22-13-5-4-12-21(22)23)31-27-16-8-6-14-25(27)30(20-10-2-1-3-11-20)26-15-7-9-17-28(26)31/h1-19H. The maximum Gasteiger partial charge on any atom is 0.0703 e. The van der Waals surface area contributed by atoms with E-state index in [1.807, 2.05) is 0 Å². The predicted octanol–water partition coefficient (Wildman–Crippen LogP) is 8.86. The number of halogens is 1. The molecule has 0 atom stereocenters. The van der Waals surface area contributed by atoms with Gasteiger partial charge in [0.2, 0.25) is 0 Å². The fraction of sp³-hybridized carbons (Fsp3) is 0. The highest BCUT2D eigenvalue weighted by Gasteiger charge is 2.30. The molecule has 1 heterocycles. The van der Waals surface area contributed by atoms with Gasteiger partial charge >= 0.3 is 0 Å². The van der Waals surface area contributed by atoms with Crippen molar-refractivity contribution in [1.29, 1.82) is 0 Å². The largest absolute Gasteiger partial charge is 0.306 e. The molecule has 0 saturated heterocycles. The van der Waals surface area contributed by atoms with E-state index in [9.17, 15) is 0 Å². The first kappa shape index (κ1) is 18.2. The third-order valence-corrected chi connectivity index (χ3v) is 6.52. The van der Waals surface area contributed by atoms with Gasteiger partial charge < -0.3 is 9.80 Å². The van der Waals surface area contributed by atoms with Crippen molar-refractivity contribution >= 4 is 60.8 Å². The van der Waals surface area contributed by atoms with E-state index in [-0.39, 0.29) is 0 Å². The molecule has 0 radical (unpaired) electrons. The van der Waals surface area contributed by atoms with Crippen molar-refractivity contribution in [3.8, 4) is 0 Å². The van der Waals surface area contributed by atoms with Crippen LogP contribution in [0.3, 0.4) is 0 Å². The van der Waals surface area contributed by atoms with Crippen molar-refractivity contribution in [2.24, 2.45) is 0 Å². The minimum Gasteiger partial charge on any atom is -0.306 e. The van der Waals surface area contributed by atoms with E-state index in [1.54, 1.807) is 0 Å². The first-order valence-electron chi connectivity index (χ1n) is 10.3. The molecule has 0 aliphatic carbocycles. The van der Waals surface area contributed by atoms with Crippen LogP contribution in [0.2, 0.25) is 0 Å². The molecule has 5 aromatic carbocycles. The minimum atomic E-state index is 1.11. The Kier molecular flexibility index (Phi) is 4.29. The van der Waals surface area contributed by atoms with Crippen LogP contribution in [0.15, 0.2) is 120 Å². The van der Waals surface area contributed by atoms with Gasteiger partial charge in [0.15, 0.2) is 0 Å². The second-order valence-corrected chi connectivity index (χ2v) is 8.45. The SMILES string of the molecule is Brc1ccc(N2c3ccccc3N(c3ccccc3)c3ccccc32)c2ccccc12. The summed E-state index contributed by atoms with van der Waals surface area (Å²) in [6.07, 6.45) is 0. The molecule has 6 rings (SSSR count). The van der Waals surface area contributed by atoms with Crippen LogP contribution in [0.1, 0.15) is 0 Å². The Morgan fingerprint density at radius 2 is 0.871 bits per heavy atom. The predicted molar refractivity (Wildman–Crippen MR) is 135 cm³/mol. The van der Waals surface area contributed by atoms with E-state index in [0.29, 0.717) is 0 Å². The summed E-state index contributed by atoms with van der Waals surface area (Å²) in [5.41, 5.74) is 6.99. The molecule has 1 aliphatic heterocycles. The molecular weight excluding hydrogens is 444 g/mol. The molecule has 0 bridgehead atoms. The van der Waals surface area contributed by atoms with Crippen molar-refractivity contribution < 1.29 is 0 Å². The van der Waals surface area contributed by atoms with Gasteiger partial charge in [-0.2, -0.15) is 0 Å². The maximum absolute atomic E-state index is 3.73. The quantitative estimate of drug-likeness (QED) is 0.253. The Balaban J connectivity index is 1.67. The Labute approximate surface area is 190 Å². The zero-order valence-corrected chi connectivity index (χ0v) is 18.3. The molecule has 31 heavy (non-hydrogen) atoms. The van der Waals surface area contributed by atoms with Gasteiger partial charge in [0, 0.05) is 15.5 Å². The summed E-state index contributed by atoms with van der Waals surface area (Å²) in [6, 6.07) is 40.8. The molecule has 0 fully saturated rings. The zero-order valence-electron chi connectivity index (χ0n) is 16.7. The number of hydrogen-bond acceptors (Lipinski definition) is 2. The van der Waals surface area contributed by atoms with Crippen molar-refractivity contribution in [3.63, 3.8) is 0 Å². The zero-order chi connectivity index (χ0) is 20.8. The second kappa shape index (κ2) is 7.29. The van der Waals surface area contributed by atoms with Crippen LogP contribution >= 0.6 is 15.9 Å². The molecule has 0 spiro atoms. The van der Waals surface area contributed by atoms with Crippen LogP contribution in [0, 0.1) is 0 Å². The van der Waals surface area contributed by atoms with E-state index < -0.39 is 0 Å². The number of fused-ring (bicyclic) bond motifs is 3. The highest BCUT2D eigenvalue weighted by atomic mass is 79.9. The van der Waals surface area contributed by atoms with Crippen molar-refractivity contribution in [3.05, 3.63) is 120 Å². The number of rotatable bonds is 2. The third kappa shape index (κ3) is 2.85. The second-order valence-electron chi connectivity index (χ2n) is 7.60. The Morgan fingerprint density at radius 3 is 1.48 bits per heavy atom. The number of nitrogens with zero attached hydrogens (tertiary/aromatic N) is 2. The third-order valence-electron chi connectivity index (χ3n) is 5.83. The molecule has 5 aromatic rings. The average molecular weight is 463 g/mol. The molecule has 0 unspecified atom stereocenters. The van der Waals surface area contributed by atoms with E-state index in [2.05, 4.69) is 141 Å². The number of para-hydroxylation sites is 5. The lowest BCUT2D eigenvalue weighted by molar-refractivity contribution is 1.17. The summed E-state index contributed by atoms with van der Waals surface area (Å²) in [5, 5.41) is 2.43. The van der Waals surface area contributed by atoms with Gasteiger partial charge in [-0.3, -0.25) is 0 Å². The Morgan fingerprint density at radius 1 is 0.387 bits per heavy atom. The number of benzene rings is 5. The van der Waals surface area contributed by atoms with E-state index in [1.165, 1.54) is 27.8 Å². The summed E-state index contributed by atoms with van der Waals surface area (Å²) >= 11 is 3.73. The summed E-state index contributed by atoms with van der Waals surface area (Å²) in [7, 11) is 0. The van der Waals surface area contributed by atoms with Crippen molar-refractivity contribution in [2.45, 2.75) is 0 Å². The molecule has 0 N–H and O–H groups in total. The summed E-state index contributed by atoms with van der Waals surface area (Å²) in [6.45, 7) is 0. The van der Waals surface area contributed by atoms with E-state index in [0.717, 1.165) is 21.5 Å². The van der Waals surface area contributed by atoms with Crippen LogP contribution in [0.25, 0.3) is 10.8 Å². The van der Waals surface area contributed by atoms with Gasteiger partial charge in [-0.15, -0.1) is 0 Å². The van der Waals surface area contributed by atoms with Crippen molar-refractivity contribution in [2.75, 3.05) is 9.80 Å². The molecule has 1 aliphatic rings. The van der Waals surface area contributed by atoms with Crippen LogP contribution in [-0.4, -0.2) is 0 Å². The maximum atomic E-state index is 3.73. The van der Waals surface area contributed by atoms with Gasteiger partial charge in [-0.1, -0.05) is 82.7 Å². The summed E-state index contributed by atoms with van der Waals surface area (Å²) < 4.78 is 1.11. The number of anilines is 6. The highest BCUT2D eigenvalue weighted by molar-refractivity contribution is 9.10. The lowest BCUT2D eigenvalue weighted by atomic mass is 10.0. The Bertz CT molecular complexity index is 1360. The molecule has 148 valence electrons. The van der Waals surface area contributed by atoms with Gasteiger partial charge in [0.25, 0.3) is 0 Å². The van der Waals surface area contributed by atoms with Crippen LogP contribution in [0.5, 0.6) is 0 Å². The fourth-order valence-corrected chi connectivity index (χ4v) is 4.98. The first-order valence-corrected chi connectivity index (χ1v) is 11.1. The normalized spacial score (nSPS) is 12.5. The monoisotopic (exact) mass is 462 g/mol. The van der Waals surface area contributed by atoms with Crippen molar-refractivity contribution in [1.82, 2.24) is 0 Å². The smallest absolute Gasteiger partial charge is 0.0703 e. The van der Waals surface area contributed by atoms with Crippen LogP contribution in [0.4, 0.5) is 34.1 Å². The minimum absolute atomic E-state index is 1.11. The van der Waals surface area contributed by atoms with E-state index in [4.69, 9.17) is 0 Å².